The van der Waals surface area contributed by atoms with E-state index in [-0.39, 0.29) is 0 Å². The molecule has 0 saturated carbocycles. The Morgan fingerprint density at radius 3 is 2.56 bits per heavy atom. The fourth-order valence-corrected chi connectivity index (χ4v) is 2.20. The van der Waals surface area contributed by atoms with Gasteiger partial charge in [0.15, 0.2) is 7.37 Å². The first kappa shape index (κ1) is 13.3. The molecular weight excluding hydrogens is 221 g/mol. The van der Waals surface area contributed by atoms with Gasteiger partial charge in [0.1, 0.15) is 0 Å². The van der Waals surface area contributed by atoms with Crippen molar-refractivity contribution in [3.8, 4) is 0 Å². The van der Waals surface area contributed by atoms with Crippen molar-refractivity contribution in [2.45, 2.75) is 20.3 Å². The van der Waals surface area contributed by atoms with Crippen LogP contribution in [0.15, 0.2) is 18.2 Å². The quantitative estimate of drug-likeness (QED) is 0.615. The van der Waals surface area contributed by atoms with Crippen LogP contribution in [0.25, 0.3) is 0 Å². The number of hydrogen-bond donors (Lipinski definition) is 2. The van der Waals surface area contributed by atoms with E-state index in [1.54, 1.807) is 0 Å². The van der Waals surface area contributed by atoms with Gasteiger partial charge >= 0.3 is 0 Å². The Morgan fingerprint density at radius 2 is 2.00 bits per heavy atom. The molecule has 0 aliphatic carbocycles. The number of aryl methyl sites for hydroxylation is 2. The first-order chi connectivity index (χ1) is 7.38. The van der Waals surface area contributed by atoms with Crippen LogP contribution in [0.1, 0.15) is 17.5 Å². The third-order valence-electron chi connectivity index (χ3n) is 2.59. The van der Waals surface area contributed by atoms with Crippen molar-refractivity contribution in [1.82, 2.24) is 0 Å². The van der Waals surface area contributed by atoms with Crippen molar-refractivity contribution in [2.24, 2.45) is 0 Å². The lowest BCUT2D eigenvalue weighted by molar-refractivity contribution is 0.483. The van der Waals surface area contributed by atoms with E-state index in [1.165, 1.54) is 17.8 Å². The molecule has 1 aromatic carbocycles. The minimum atomic E-state index is -2.84. The topological polar surface area (TPSA) is 49.3 Å². The molecule has 4 heteroatoms. The highest BCUT2D eigenvalue weighted by Gasteiger charge is 2.07. The highest BCUT2D eigenvalue weighted by atomic mass is 31.2. The number of nitrogens with one attached hydrogen (secondary N) is 1. The zero-order valence-corrected chi connectivity index (χ0v) is 11.1. The molecular formula is C12H20NO2P. The highest BCUT2D eigenvalue weighted by molar-refractivity contribution is 7.57. The van der Waals surface area contributed by atoms with Crippen molar-refractivity contribution in [1.29, 1.82) is 0 Å². The van der Waals surface area contributed by atoms with Gasteiger partial charge in [-0.1, -0.05) is 6.07 Å². The van der Waals surface area contributed by atoms with Crippen LogP contribution in [0.4, 0.5) is 5.69 Å². The second-order valence-electron chi connectivity index (χ2n) is 4.35. The van der Waals surface area contributed by atoms with Crippen LogP contribution in [0, 0.1) is 13.8 Å². The summed E-state index contributed by atoms with van der Waals surface area (Å²) in [5.74, 6) is 0. The van der Waals surface area contributed by atoms with Gasteiger partial charge in [-0.2, -0.15) is 0 Å². The van der Waals surface area contributed by atoms with E-state index < -0.39 is 7.37 Å². The van der Waals surface area contributed by atoms with Gasteiger partial charge in [0.25, 0.3) is 0 Å². The highest BCUT2D eigenvalue weighted by Crippen LogP contribution is 2.35. The predicted molar refractivity (Wildman–Crippen MR) is 69.6 cm³/mol. The first-order valence-electron chi connectivity index (χ1n) is 5.49. The SMILES string of the molecule is Cc1ccc(NCCCP(C)(=O)O)cc1C. The molecule has 90 valence electrons. The van der Waals surface area contributed by atoms with Crippen LogP contribution in [0.3, 0.4) is 0 Å². The third kappa shape index (κ3) is 4.82. The zero-order valence-electron chi connectivity index (χ0n) is 10.2. The number of rotatable bonds is 5. The number of benzene rings is 1. The normalized spacial score (nSPS) is 14.5. The minimum absolute atomic E-state index is 0.380. The molecule has 1 unspecified atom stereocenters. The van der Waals surface area contributed by atoms with Crippen LogP contribution in [0.2, 0.25) is 0 Å². The standard InChI is InChI=1S/C12H20NO2P/c1-10-5-6-12(9-11(10)2)13-7-4-8-16(3,14)15/h5-6,9,13H,4,7-8H2,1-3H3,(H,14,15). The summed E-state index contributed by atoms with van der Waals surface area (Å²) in [6, 6.07) is 6.21. The van der Waals surface area contributed by atoms with Gasteiger partial charge in [-0.05, 0) is 43.5 Å². The molecule has 0 bridgehead atoms. The van der Waals surface area contributed by atoms with Crippen LogP contribution in [-0.4, -0.2) is 24.3 Å². The summed E-state index contributed by atoms with van der Waals surface area (Å²) in [6.07, 6.45) is 1.10. The average Bonchev–Trinajstić information content (AvgIpc) is 2.17. The lowest BCUT2D eigenvalue weighted by Gasteiger charge is -2.09. The molecule has 0 aliphatic rings. The van der Waals surface area contributed by atoms with Gasteiger partial charge in [-0.3, -0.25) is 4.57 Å². The lowest BCUT2D eigenvalue weighted by atomic mass is 10.1. The van der Waals surface area contributed by atoms with E-state index >= 15 is 0 Å². The van der Waals surface area contributed by atoms with Gasteiger partial charge in [0.05, 0.1) is 0 Å². The van der Waals surface area contributed by atoms with Gasteiger partial charge < -0.3 is 10.2 Å². The maximum Gasteiger partial charge on any atom is 0.197 e. The Labute approximate surface area is 97.3 Å². The van der Waals surface area contributed by atoms with Gasteiger partial charge in [0.2, 0.25) is 0 Å². The fraction of sp³-hybridized carbons (Fsp3) is 0.500. The van der Waals surface area contributed by atoms with Crippen LogP contribution in [0.5, 0.6) is 0 Å². The molecule has 1 atom stereocenters. The summed E-state index contributed by atoms with van der Waals surface area (Å²) < 4.78 is 11.1. The first-order valence-corrected chi connectivity index (χ1v) is 7.78. The summed E-state index contributed by atoms with van der Waals surface area (Å²) >= 11 is 0. The fourth-order valence-electron chi connectivity index (χ4n) is 1.46. The molecule has 0 saturated heterocycles. The van der Waals surface area contributed by atoms with E-state index in [1.807, 2.05) is 6.07 Å². The monoisotopic (exact) mass is 241 g/mol. The van der Waals surface area contributed by atoms with Crippen LogP contribution < -0.4 is 5.32 Å². The van der Waals surface area contributed by atoms with E-state index in [9.17, 15) is 4.57 Å². The van der Waals surface area contributed by atoms with E-state index in [2.05, 4.69) is 31.3 Å². The largest absolute Gasteiger partial charge is 0.385 e. The van der Waals surface area contributed by atoms with Crippen molar-refractivity contribution >= 4 is 13.1 Å². The Hall–Kier alpha value is -0.790. The smallest absolute Gasteiger partial charge is 0.197 e. The number of anilines is 1. The Bertz CT molecular complexity index is 398. The van der Waals surface area contributed by atoms with Crippen LogP contribution >= 0.6 is 7.37 Å². The molecule has 2 N–H and O–H groups in total. The third-order valence-corrected chi connectivity index (χ3v) is 3.73. The molecule has 1 rings (SSSR count). The summed E-state index contributed by atoms with van der Waals surface area (Å²) in [5.41, 5.74) is 3.61. The molecule has 0 aliphatic heterocycles. The molecule has 0 aromatic heterocycles. The van der Waals surface area contributed by atoms with Crippen molar-refractivity contribution in [3.05, 3.63) is 29.3 Å². The maximum atomic E-state index is 11.1. The Balaban J connectivity index is 2.38. The maximum absolute atomic E-state index is 11.1. The molecule has 0 heterocycles. The Morgan fingerprint density at radius 1 is 1.31 bits per heavy atom. The summed E-state index contributed by atoms with van der Waals surface area (Å²) in [5, 5.41) is 3.25. The second kappa shape index (κ2) is 5.51. The molecule has 0 amide bonds. The molecule has 0 fully saturated rings. The summed E-state index contributed by atoms with van der Waals surface area (Å²) in [7, 11) is -2.84. The molecule has 3 nitrogen and oxygen atoms in total. The molecule has 0 spiro atoms. The molecule has 1 aromatic rings. The van der Waals surface area contributed by atoms with Gasteiger partial charge in [-0.25, -0.2) is 0 Å². The Kier molecular flexibility index (Phi) is 4.57. The lowest BCUT2D eigenvalue weighted by Crippen LogP contribution is -2.04. The molecule has 0 radical (unpaired) electrons. The van der Waals surface area contributed by atoms with Gasteiger partial charge in [0, 0.05) is 25.1 Å². The van der Waals surface area contributed by atoms with Gasteiger partial charge in [-0.15, -0.1) is 0 Å². The molecule has 16 heavy (non-hydrogen) atoms. The summed E-state index contributed by atoms with van der Waals surface area (Å²) in [6.45, 7) is 6.30. The van der Waals surface area contributed by atoms with E-state index in [0.29, 0.717) is 6.16 Å². The van der Waals surface area contributed by atoms with Crippen molar-refractivity contribution in [3.63, 3.8) is 0 Å². The number of hydrogen-bond acceptors (Lipinski definition) is 2. The summed E-state index contributed by atoms with van der Waals surface area (Å²) in [4.78, 5) is 9.12. The predicted octanol–water partition coefficient (Wildman–Crippen LogP) is 3.01. The van der Waals surface area contributed by atoms with Crippen molar-refractivity contribution in [2.75, 3.05) is 24.7 Å². The van der Waals surface area contributed by atoms with E-state index in [0.717, 1.165) is 18.7 Å². The average molecular weight is 241 g/mol. The zero-order chi connectivity index (χ0) is 12.2. The van der Waals surface area contributed by atoms with E-state index in [4.69, 9.17) is 4.89 Å². The second-order valence-corrected chi connectivity index (χ2v) is 6.90. The minimum Gasteiger partial charge on any atom is -0.385 e. The van der Waals surface area contributed by atoms with Crippen LogP contribution in [-0.2, 0) is 4.57 Å². The van der Waals surface area contributed by atoms with Crippen molar-refractivity contribution < 1.29 is 9.46 Å².